The molecule has 1 nitrogen and oxygen atoms in total. The van der Waals surface area contributed by atoms with E-state index in [9.17, 15) is 0 Å². The molecular formula is C27H25NS. The molecular weight excluding hydrogens is 370 g/mol. The third-order valence-corrected chi connectivity index (χ3v) is 6.31. The summed E-state index contributed by atoms with van der Waals surface area (Å²) >= 11 is 1.92. The van der Waals surface area contributed by atoms with Crippen LogP contribution in [0.2, 0.25) is 0 Å². The lowest BCUT2D eigenvalue weighted by molar-refractivity contribution is 0.522. The van der Waals surface area contributed by atoms with Crippen LogP contribution < -0.4 is 5.32 Å². The second kappa shape index (κ2) is 10.1. The molecule has 0 saturated heterocycles. The predicted octanol–water partition coefficient (Wildman–Crippen LogP) is 7.05. The van der Waals surface area contributed by atoms with E-state index in [1.807, 2.05) is 11.8 Å². The van der Waals surface area contributed by atoms with Crippen LogP contribution in [0.15, 0.2) is 126 Å². The van der Waals surface area contributed by atoms with Crippen LogP contribution in [0.4, 0.5) is 0 Å². The third kappa shape index (κ3) is 5.38. The first kappa shape index (κ1) is 19.5. The van der Waals surface area contributed by atoms with Crippen LogP contribution in [-0.2, 0) is 6.54 Å². The smallest absolute Gasteiger partial charge is 0.0539 e. The van der Waals surface area contributed by atoms with Crippen LogP contribution in [0.25, 0.3) is 0 Å². The fourth-order valence-electron chi connectivity index (χ4n) is 3.50. The van der Waals surface area contributed by atoms with Crippen molar-refractivity contribution in [2.24, 2.45) is 0 Å². The van der Waals surface area contributed by atoms with Crippen molar-refractivity contribution >= 4 is 11.8 Å². The minimum absolute atomic E-state index is 0.184. The zero-order valence-electron chi connectivity index (χ0n) is 16.3. The first-order chi connectivity index (χ1) is 14.4. The van der Waals surface area contributed by atoms with Crippen molar-refractivity contribution in [2.45, 2.75) is 22.7 Å². The first-order valence-corrected chi connectivity index (χ1v) is 10.9. The number of hydrogen-bond donors (Lipinski definition) is 1. The summed E-state index contributed by atoms with van der Waals surface area (Å²) in [6.07, 6.45) is 0. The first-order valence-electron chi connectivity index (χ1n) is 9.99. The van der Waals surface area contributed by atoms with Crippen LogP contribution in [0, 0.1) is 0 Å². The Morgan fingerprint density at radius 2 is 1.03 bits per heavy atom. The number of hydrogen-bond acceptors (Lipinski definition) is 2. The highest BCUT2D eigenvalue weighted by Crippen LogP contribution is 2.44. The van der Waals surface area contributed by atoms with Crippen molar-refractivity contribution < 1.29 is 0 Å². The van der Waals surface area contributed by atoms with E-state index in [4.69, 9.17) is 0 Å². The van der Waals surface area contributed by atoms with Gasteiger partial charge < -0.3 is 5.32 Å². The van der Waals surface area contributed by atoms with Crippen LogP contribution >= 0.6 is 11.8 Å². The quantitative estimate of drug-likeness (QED) is 0.321. The van der Waals surface area contributed by atoms with E-state index < -0.39 is 0 Å². The maximum Gasteiger partial charge on any atom is 0.0539 e. The van der Waals surface area contributed by atoms with Gasteiger partial charge in [0.15, 0.2) is 0 Å². The van der Waals surface area contributed by atoms with Gasteiger partial charge >= 0.3 is 0 Å². The summed E-state index contributed by atoms with van der Waals surface area (Å²) in [6, 6.07) is 43.1. The Morgan fingerprint density at radius 1 is 0.552 bits per heavy atom. The maximum atomic E-state index is 3.85. The molecule has 2 atom stereocenters. The van der Waals surface area contributed by atoms with Crippen molar-refractivity contribution in [3.8, 4) is 0 Å². The fourth-order valence-corrected chi connectivity index (χ4v) is 4.79. The van der Waals surface area contributed by atoms with Gasteiger partial charge in [-0.15, -0.1) is 11.8 Å². The monoisotopic (exact) mass is 395 g/mol. The van der Waals surface area contributed by atoms with Crippen molar-refractivity contribution in [3.05, 3.63) is 138 Å². The topological polar surface area (TPSA) is 12.0 Å². The molecule has 0 radical (unpaired) electrons. The zero-order valence-corrected chi connectivity index (χ0v) is 17.1. The van der Waals surface area contributed by atoms with Crippen molar-refractivity contribution in [2.75, 3.05) is 0 Å². The summed E-state index contributed by atoms with van der Waals surface area (Å²) < 4.78 is 0. The summed E-state index contributed by atoms with van der Waals surface area (Å²) in [5, 5.41) is 4.10. The summed E-state index contributed by atoms with van der Waals surface area (Å²) in [5.41, 5.74) is 3.93. The van der Waals surface area contributed by atoms with Crippen LogP contribution in [-0.4, -0.2) is 0 Å². The van der Waals surface area contributed by atoms with Gasteiger partial charge in [0.25, 0.3) is 0 Å². The minimum Gasteiger partial charge on any atom is -0.305 e. The Hall–Kier alpha value is -2.81. The molecule has 0 aliphatic heterocycles. The lowest BCUT2D eigenvalue weighted by atomic mass is 9.98. The molecule has 0 aromatic heterocycles. The molecule has 0 amide bonds. The highest BCUT2D eigenvalue weighted by atomic mass is 32.2. The van der Waals surface area contributed by atoms with Crippen LogP contribution in [0.5, 0.6) is 0 Å². The number of thioether (sulfide) groups is 1. The third-order valence-electron chi connectivity index (χ3n) is 4.96. The molecule has 4 aromatic carbocycles. The minimum atomic E-state index is 0.184. The number of benzene rings is 4. The van der Waals surface area contributed by atoms with Gasteiger partial charge in [-0.1, -0.05) is 109 Å². The molecule has 1 N–H and O–H groups in total. The molecule has 4 rings (SSSR count). The molecule has 4 aromatic rings. The van der Waals surface area contributed by atoms with Gasteiger partial charge in [0.05, 0.1) is 5.25 Å². The zero-order chi connectivity index (χ0) is 19.7. The molecule has 144 valence electrons. The van der Waals surface area contributed by atoms with Crippen molar-refractivity contribution in [1.29, 1.82) is 0 Å². The summed E-state index contributed by atoms with van der Waals surface area (Å²) in [6.45, 7) is 0.832. The van der Waals surface area contributed by atoms with E-state index in [0.717, 1.165) is 6.54 Å². The summed E-state index contributed by atoms with van der Waals surface area (Å²) in [4.78, 5) is 1.28. The van der Waals surface area contributed by atoms with Gasteiger partial charge in [-0.3, -0.25) is 0 Å². The van der Waals surface area contributed by atoms with Gasteiger partial charge in [-0.05, 0) is 28.8 Å². The molecule has 0 aliphatic carbocycles. The Balaban J connectivity index is 1.68. The molecule has 0 heterocycles. The van der Waals surface area contributed by atoms with E-state index in [1.165, 1.54) is 21.6 Å². The average Bonchev–Trinajstić information content (AvgIpc) is 2.81. The van der Waals surface area contributed by atoms with Gasteiger partial charge in [0, 0.05) is 17.5 Å². The second-order valence-electron chi connectivity index (χ2n) is 7.02. The predicted molar refractivity (Wildman–Crippen MR) is 124 cm³/mol. The Kier molecular flexibility index (Phi) is 6.80. The Morgan fingerprint density at radius 3 is 1.62 bits per heavy atom. The standard InChI is InChI=1S/C27H25NS/c1-5-13-22(14-6-1)21-28-26(23-15-7-2-8-16-23)27(24-17-9-3-10-18-24)29-25-19-11-4-12-20-25/h1-20,26-28H,21H2. The van der Waals surface area contributed by atoms with E-state index >= 15 is 0 Å². The fraction of sp³-hybridized carbons (Fsp3) is 0.111. The normalized spacial score (nSPS) is 13.0. The van der Waals surface area contributed by atoms with Gasteiger partial charge in [0.1, 0.15) is 0 Å². The number of nitrogens with one attached hydrogen (secondary N) is 1. The van der Waals surface area contributed by atoms with E-state index in [2.05, 4.69) is 127 Å². The van der Waals surface area contributed by atoms with Crippen molar-refractivity contribution in [3.63, 3.8) is 0 Å². The van der Waals surface area contributed by atoms with E-state index in [-0.39, 0.29) is 11.3 Å². The van der Waals surface area contributed by atoms with Crippen LogP contribution in [0.3, 0.4) is 0 Å². The van der Waals surface area contributed by atoms with Gasteiger partial charge in [0.2, 0.25) is 0 Å². The van der Waals surface area contributed by atoms with Crippen LogP contribution in [0.1, 0.15) is 28.0 Å². The maximum absolute atomic E-state index is 3.85. The molecule has 0 fully saturated rings. The molecule has 2 unspecified atom stereocenters. The highest BCUT2D eigenvalue weighted by molar-refractivity contribution is 7.99. The molecule has 0 bridgehead atoms. The second-order valence-corrected chi connectivity index (χ2v) is 8.23. The Bertz CT molecular complexity index is 972. The lowest BCUT2D eigenvalue weighted by Crippen LogP contribution is -2.25. The van der Waals surface area contributed by atoms with E-state index in [1.54, 1.807) is 0 Å². The lowest BCUT2D eigenvalue weighted by Gasteiger charge is -2.29. The molecule has 0 aliphatic rings. The molecule has 29 heavy (non-hydrogen) atoms. The average molecular weight is 396 g/mol. The number of rotatable bonds is 8. The van der Waals surface area contributed by atoms with E-state index in [0.29, 0.717) is 0 Å². The van der Waals surface area contributed by atoms with Gasteiger partial charge in [-0.2, -0.15) is 0 Å². The molecule has 0 saturated carbocycles. The highest BCUT2D eigenvalue weighted by Gasteiger charge is 2.25. The summed E-state index contributed by atoms with van der Waals surface area (Å²) in [5.74, 6) is 0. The Labute approximate surface area is 177 Å². The summed E-state index contributed by atoms with van der Waals surface area (Å²) in [7, 11) is 0. The molecule has 0 spiro atoms. The SMILES string of the molecule is c1ccc(CNC(c2ccccc2)C(Sc2ccccc2)c2ccccc2)cc1. The largest absolute Gasteiger partial charge is 0.305 e. The van der Waals surface area contributed by atoms with Crippen molar-refractivity contribution in [1.82, 2.24) is 5.32 Å². The molecule has 2 heteroatoms. The van der Waals surface area contributed by atoms with Gasteiger partial charge in [-0.25, -0.2) is 0 Å².